The molecule has 0 saturated carbocycles. The molecule has 0 spiro atoms. The average molecular weight is 210 g/mol. The molecule has 0 aromatic carbocycles. The standard InChI is InChI=1S/C10H18N4O/c1-4-10(2,3)14-7-8(5-9(14)15)6-12-13-11/h8H,4-7H2,1-3H3. The number of azide groups is 1. The Morgan fingerprint density at radius 2 is 2.33 bits per heavy atom. The van der Waals surface area contributed by atoms with Gasteiger partial charge in [-0.1, -0.05) is 12.0 Å². The first-order valence-corrected chi connectivity index (χ1v) is 5.32. The maximum Gasteiger partial charge on any atom is 0.223 e. The molecule has 1 aliphatic heterocycles. The van der Waals surface area contributed by atoms with E-state index in [1.54, 1.807) is 0 Å². The molecule has 0 N–H and O–H groups in total. The van der Waals surface area contributed by atoms with Crippen molar-refractivity contribution in [2.45, 2.75) is 39.2 Å². The molecule has 15 heavy (non-hydrogen) atoms. The van der Waals surface area contributed by atoms with E-state index in [0.717, 1.165) is 13.0 Å². The Morgan fingerprint density at radius 3 is 2.87 bits per heavy atom. The molecule has 0 bridgehead atoms. The van der Waals surface area contributed by atoms with E-state index in [-0.39, 0.29) is 17.4 Å². The Morgan fingerprint density at radius 1 is 1.67 bits per heavy atom. The van der Waals surface area contributed by atoms with Crippen LogP contribution in [0.2, 0.25) is 0 Å². The van der Waals surface area contributed by atoms with Crippen LogP contribution < -0.4 is 0 Å². The van der Waals surface area contributed by atoms with E-state index >= 15 is 0 Å². The van der Waals surface area contributed by atoms with E-state index in [4.69, 9.17) is 5.53 Å². The number of carbonyl (C=O) groups excluding carboxylic acids is 1. The highest BCUT2D eigenvalue weighted by atomic mass is 16.2. The lowest BCUT2D eigenvalue weighted by atomic mass is 10.00. The van der Waals surface area contributed by atoms with Gasteiger partial charge in [-0.25, -0.2) is 0 Å². The van der Waals surface area contributed by atoms with Crippen molar-refractivity contribution in [2.24, 2.45) is 11.0 Å². The minimum Gasteiger partial charge on any atom is -0.337 e. The summed E-state index contributed by atoms with van der Waals surface area (Å²) < 4.78 is 0. The second-order valence-corrected chi connectivity index (χ2v) is 4.65. The van der Waals surface area contributed by atoms with Crippen molar-refractivity contribution in [1.29, 1.82) is 0 Å². The molecule has 0 aromatic heterocycles. The van der Waals surface area contributed by atoms with Crippen molar-refractivity contribution in [3.8, 4) is 0 Å². The van der Waals surface area contributed by atoms with Gasteiger partial charge < -0.3 is 4.90 Å². The van der Waals surface area contributed by atoms with Gasteiger partial charge in [-0.3, -0.25) is 4.79 Å². The Balaban J connectivity index is 2.64. The summed E-state index contributed by atoms with van der Waals surface area (Å²) in [4.78, 5) is 16.4. The normalized spacial score (nSPS) is 21.7. The van der Waals surface area contributed by atoms with Crippen molar-refractivity contribution in [3.05, 3.63) is 10.4 Å². The van der Waals surface area contributed by atoms with Crippen LogP contribution in [0.15, 0.2) is 5.11 Å². The first-order valence-electron chi connectivity index (χ1n) is 5.32. The van der Waals surface area contributed by atoms with E-state index in [2.05, 4.69) is 30.8 Å². The third-order valence-electron chi connectivity index (χ3n) is 3.20. The van der Waals surface area contributed by atoms with E-state index < -0.39 is 0 Å². The predicted octanol–water partition coefficient (Wildman–Crippen LogP) is 2.33. The predicted molar refractivity (Wildman–Crippen MR) is 58.2 cm³/mol. The maximum atomic E-state index is 11.7. The molecule has 1 unspecified atom stereocenters. The first kappa shape index (κ1) is 11.9. The van der Waals surface area contributed by atoms with Gasteiger partial charge in [-0.2, -0.15) is 0 Å². The van der Waals surface area contributed by atoms with E-state index in [9.17, 15) is 4.79 Å². The molecule has 1 fully saturated rings. The van der Waals surface area contributed by atoms with Crippen molar-refractivity contribution < 1.29 is 4.79 Å². The van der Waals surface area contributed by atoms with Gasteiger partial charge in [0.15, 0.2) is 0 Å². The van der Waals surface area contributed by atoms with E-state index in [1.165, 1.54) is 0 Å². The monoisotopic (exact) mass is 210 g/mol. The highest BCUT2D eigenvalue weighted by molar-refractivity contribution is 5.79. The van der Waals surface area contributed by atoms with Gasteiger partial charge in [-0.05, 0) is 31.7 Å². The van der Waals surface area contributed by atoms with Crippen LogP contribution in [0.4, 0.5) is 0 Å². The molecule has 1 saturated heterocycles. The number of hydrogen-bond donors (Lipinski definition) is 0. The minimum absolute atomic E-state index is 0.0812. The van der Waals surface area contributed by atoms with E-state index in [1.807, 2.05) is 4.90 Å². The zero-order valence-corrected chi connectivity index (χ0v) is 9.60. The zero-order valence-electron chi connectivity index (χ0n) is 9.60. The summed E-state index contributed by atoms with van der Waals surface area (Å²) >= 11 is 0. The molecule has 1 heterocycles. The van der Waals surface area contributed by atoms with Crippen LogP contribution in [-0.2, 0) is 4.79 Å². The molecule has 1 rings (SSSR count). The highest BCUT2D eigenvalue weighted by Crippen LogP contribution is 2.28. The minimum atomic E-state index is -0.0812. The molecule has 1 atom stereocenters. The van der Waals surface area contributed by atoms with Crippen LogP contribution >= 0.6 is 0 Å². The lowest BCUT2D eigenvalue weighted by Gasteiger charge is -2.35. The first-order chi connectivity index (χ1) is 7.01. The summed E-state index contributed by atoms with van der Waals surface area (Å²) in [7, 11) is 0. The van der Waals surface area contributed by atoms with Crippen molar-refractivity contribution in [3.63, 3.8) is 0 Å². The van der Waals surface area contributed by atoms with Gasteiger partial charge in [0.05, 0.1) is 0 Å². The van der Waals surface area contributed by atoms with Gasteiger partial charge in [0.2, 0.25) is 5.91 Å². The number of nitrogens with zero attached hydrogens (tertiary/aromatic N) is 4. The number of carbonyl (C=O) groups is 1. The van der Waals surface area contributed by atoms with Gasteiger partial charge in [0.1, 0.15) is 0 Å². The molecular weight excluding hydrogens is 192 g/mol. The third-order valence-corrected chi connectivity index (χ3v) is 3.20. The van der Waals surface area contributed by atoms with Crippen molar-refractivity contribution in [1.82, 2.24) is 4.90 Å². The fraction of sp³-hybridized carbons (Fsp3) is 0.900. The van der Waals surface area contributed by atoms with Gasteiger partial charge in [-0.15, -0.1) is 0 Å². The fourth-order valence-electron chi connectivity index (χ4n) is 1.83. The highest BCUT2D eigenvalue weighted by Gasteiger charge is 2.37. The maximum absolute atomic E-state index is 11.7. The molecule has 1 aliphatic rings. The van der Waals surface area contributed by atoms with Crippen molar-refractivity contribution >= 4 is 5.91 Å². The molecule has 0 aliphatic carbocycles. The smallest absolute Gasteiger partial charge is 0.223 e. The third kappa shape index (κ3) is 2.63. The molecule has 84 valence electrons. The summed E-state index contributed by atoms with van der Waals surface area (Å²) in [6, 6.07) is 0. The summed E-state index contributed by atoms with van der Waals surface area (Å²) in [5.74, 6) is 0.374. The Bertz CT molecular complexity index is 294. The molecule has 1 amide bonds. The summed E-state index contributed by atoms with van der Waals surface area (Å²) in [6.07, 6.45) is 1.45. The topological polar surface area (TPSA) is 69.1 Å². The molecule has 0 aromatic rings. The second kappa shape index (κ2) is 4.53. The van der Waals surface area contributed by atoms with Crippen LogP contribution in [0.1, 0.15) is 33.6 Å². The molecular formula is C10H18N4O. The summed E-state index contributed by atoms with van der Waals surface area (Å²) in [5.41, 5.74) is 8.14. The number of rotatable bonds is 4. The van der Waals surface area contributed by atoms with Crippen LogP contribution in [0, 0.1) is 5.92 Å². The number of hydrogen-bond acceptors (Lipinski definition) is 2. The molecule has 5 heteroatoms. The average Bonchev–Trinajstić information content (AvgIpc) is 2.57. The quantitative estimate of drug-likeness (QED) is 0.399. The summed E-state index contributed by atoms with van der Waals surface area (Å²) in [5, 5.41) is 3.53. The molecule has 0 radical (unpaired) electrons. The molecule has 5 nitrogen and oxygen atoms in total. The van der Waals surface area contributed by atoms with Gasteiger partial charge in [0, 0.05) is 30.0 Å². The Labute approximate surface area is 90.1 Å². The van der Waals surface area contributed by atoms with Crippen LogP contribution in [0.5, 0.6) is 0 Å². The number of amides is 1. The van der Waals surface area contributed by atoms with E-state index in [0.29, 0.717) is 13.0 Å². The Kier molecular flexibility index (Phi) is 3.58. The van der Waals surface area contributed by atoms with Gasteiger partial charge in [0.25, 0.3) is 0 Å². The lowest BCUT2D eigenvalue weighted by molar-refractivity contribution is -0.132. The van der Waals surface area contributed by atoms with Crippen LogP contribution in [0.3, 0.4) is 0 Å². The Hall–Kier alpha value is -1.22. The SMILES string of the molecule is CCC(C)(C)N1CC(CN=[N+]=[N-])CC1=O. The zero-order chi connectivity index (χ0) is 11.5. The fourth-order valence-corrected chi connectivity index (χ4v) is 1.83. The van der Waals surface area contributed by atoms with Crippen LogP contribution in [-0.4, -0.2) is 29.4 Å². The number of likely N-dealkylation sites (tertiary alicyclic amines) is 1. The second-order valence-electron chi connectivity index (χ2n) is 4.65. The summed E-state index contributed by atoms with van der Waals surface area (Å²) in [6.45, 7) is 7.37. The lowest BCUT2D eigenvalue weighted by Crippen LogP contribution is -2.44. The van der Waals surface area contributed by atoms with Gasteiger partial charge >= 0.3 is 0 Å². The van der Waals surface area contributed by atoms with Crippen molar-refractivity contribution in [2.75, 3.05) is 13.1 Å². The largest absolute Gasteiger partial charge is 0.337 e. The van der Waals surface area contributed by atoms with Crippen LogP contribution in [0.25, 0.3) is 10.4 Å².